The van der Waals surface area contributed by atoms with Crippen LogP contribution in [0.5, 0.6) is 11.5 Å². The summed E-state index contributed by atoms with van der Waals surface area (Å²) in [4.78, 5) is 40.5. The van der Waals surface area contributed by atoms with Gasteiger partial charge in [0.05, 0.1) is 18.2 Å². The zero-order valence-corrected chi connectivity index (χ0v) is 24.8. The highest BCUT2D eigenvalue weighted by Gasteiger charge is 2.24. The molecule has 0 aliphatic carbocycles. The topological polar surface area (TPSA) is 157 Å². The minimum atomic E-state index is -1.06. The van der Waals surface area contributed by atoms with Crippen molar-refractivity contribution in [2.45, 2.75) is 25.7 Å². The van der Waals surface area contributed by atoms with E-state index in [0.29, 0.717) is 0 Å². The van der Waals surface area contributed by atoms with E-state index in [0.717, 1.165) is 27.6 Å². The first-order valence-electron chi connectivity index (χ1n) is 14.3. The molecule has 0 radical (unpaired) electrons. The lowest BCUT2D eigenvalue weighted by Crippen LogP contribution is -2.47. The van der Waals surface area contributed by atoms with E-state index in [1.165, 1.54) is 25.5 Å². The Hall–Kier alpha value is -6.17. The lowest BCUT2D eigenvalue weighted by Gasteiger charge is -2.17. The molecule has 5 aromatic rings. The quantitative estimate of drug-likeness (QED) is 0.0871. The number of hydrogen-bond donors (Lipinski definition) is 3. The van der Waals surface area contributed by atoms with Crippen molar-refractivity contribution in [3.05, 3.63) is 136 Å². The average molecular weight is 622 g/mol. The number of methoxy groups -OCH3 is 1. The first-order valence-corrected chi connectivity index (χ1v) is 14.3. The first kappa shape index (κ1) is 31.3. The first-order chi connectivity index (χ1) is 22.4. The number of amides is 2. The zero-order valence-electron chi connectivity index (χ0n) is 24.8. The number of aromatic nitrogens is 1. The van der Waals surface area contributed by atoms with Crippen molar-refractivity contribution in [3.63, 3.8) is 0 Å². The van der Waals surface area contributed by atoms with Gasteiger partial charge in [-0.25, -0.2) is 10.2 Å². The minimum Gasteiger partial charge on any atom is -0.493 e. The number of hydrogen-bond acceptors (Lipinski definition) is 8. The molecule has 4 aromatic carbocycles. The standard InChI is InChI=1S/C34H31N5O7/c1-44-31-17-25(16-30(39(42)43)32(31)45-21-23-10-4-2-5-11-23)19-36-38-33(40)29(18-26-20-35-28-15-9-8-14-27(26)28)37-34(41)46-22-24-12-6-3-7-13-24/h2-17,19-20,29,35H,18,21-22H2,1H3,(H,37,41)(H,38,40). The number of ether oxygens (including phenoxy) is 3. The van der Waals surface area contributed by atoms with Crippen molar-refractivity contribution in [3.8, 4) is 11.5 Å². The van der Waals surface area contributed by atoms with E-state index in [-0.39, 0.29) is 42.4 Å². The predicted octanol–water partition coefficient (Wildman–Crippen LogP) is 5.65. The number of aromatic amines is 1. The zero-order chi connectivity index (χ0) is 32.3. The van der Waals surface area contributed by atoms with Crippen LogP contribution in [0, 0.1) is 10.1 Å². The fourth-order valence-corrected chi connectivity index (χ4v) is 4.73. The molecule has 3 N–H and O–H groups in total. The fraction of sp³-hybridized carbons (Fsp3) is 0.147. The van der Waals surface area contributed by atoms with E-state index in [1.807, 2.05) is 84.9 Å². The van der Waals surface area contributed by atoms with E-state index in [2.05, 4.69) is 20.8 Å². The van der Waals surface area contributed by atoms with Crippen molar-refractivity contribution in [2.24, 2.45) is 5.10 Å². The number of benzene rings is 4. The van der Waals surface area contributed by atoms with Gasteiger partial charge in [-0.3, -0.25) is 14.9 Å². The smallest absolute Gasteiger partial charge is 0.408 e. The van der Waals surface area contributed by atoms with Crippen LogP contribution in [-0.4, -0.2) is 41.3 Å². The van der Waals surface area contributed by atoms with Crippen LogP contribution in [0.15, 0.2) is 108 Å². The number of rotatable bonds is 13. The van der Waals surface area contributed by atoms with Crippen molar-refractivity contribution in [2.75, 3.05) is 7.11 Å². The summed E-state index contributed by atoms with van der Waals surface area (Å²) in [5.41, 5.74) is 5.67. The van der Waals surface area contributed by atoms with Gasteiger partial charge in [-0.05, 0) is 28.8 Å². The monoisotopic (exact) mass is 621 g/mol. The van der Waals surface area contributed by atoms with Gasteiger partial charge in [0.15, 0.2) is 5.75 Å². The van der Waals surface area contributed by atoms with E-state index < -0.39 is 23.0 Å². The van der Waals surface area contributed by atoms with E-state index in [4.69, 9.17) is 14.2 Å². The molecule has 0 fully saturated rings. The number of alkyl carbamates (subject to hydrolysis) is 1. The van der Waals surface area contributed by atoms with Crippen LogP contribution in [0.1, 0.15) is 22.3 Å². The molecule has 5 rings (SSSR count). The number of nitrogens with zero attached hydrogens (tertiary/aromatic N) is 2. The maximum atomic E-state index is 13.3. The molecule has 0 spiro atoms. The van der Waals surface area contributed by atoms with Gasteiger partial charge in [-0.1, -0.05) is 78.9 Å². The number of carbonyl (C=O) groups is 2. The highest BCUT2D eigenvalue weighted by molar-refractivity contribution is 5.90. The van der Waals surface area contributed by atoms with Gasteiger partial charge in [0, 0.05) is 35.2 Å². The number of para-hydroxylation sites is 1. The van der Waals surface area contributed by atoms with Gasteiger partial charge in [-0.15, -0.1) is 0 Å². The highest BCUT2D eigenvalue weighted by Crippen LogP contribution is 2.38. The summed E-state index contributed by atoms with van der Waals surface area (Å²) in [6, 6.07) is 27.7. The number of H-pyrrole nitrogens is 1. The van der Waals surface area contributed by atoms with Crippen molar-refractivity contribution < 1.29 is 28.7 Å². The van der Waals surface area contributed by atoms with Gasteiger partial charge in [0.25, 0.3) is 5.91 Å². The summed E-state index contributed by atoms with van der Waals surface area (Å²) < 4.78 is 16.5. The molecule has 1 atom stereocenters. The predicted molar refractivity (Wildman–Crippen MR) is 172 cm³/mol. The fourth-order valence-electron chi connectivity index (χ4n) is 4.73. The average Bonchev–Trinajstić information content (AvgIpc) is 3.49. The number of nitrogens with one attached hydrogen (secondary N) is 3. The van der Waals surface area contributed by atoms with Crippen molar-refractivity contribution in [1.82, 2.24) is 15.7 Å². The molecule has 1 aromatic heterocycles. The molecule has 1 unspecified atom stereocenters. The molecular weight excluding hydrogens is 590 g/mol. The summed E-state index contributed by atoms with van der Waals surface area (Å²) in [5, 5.41) is 19.5. The second-order valence-electron chi connectivity index (χ2n) is 10.2. The van der Waals surface area contributed by atoms with E-state index in [9.17, 15) is 19.7 Å². The Balaban J connectivity index is 1.31. The third kappa shape index (κ3) is 8.05. The largest absolute Gasteiger partial charge is 0.493 e. The number of nitro benzene ring substituents is 1. The van der Waals surface area contributed by atoms with E-state index in [1.54, 1.807) is 6.20 Å². The second kappa shape index (κ2) is 15.0. The molecule has 2 amide bonds. The van der Waals surface area contributed by atoms with Crippen LogP contribution >= 0.6 is 0 Å². The molecule has 12 nitrogen and oxygen atoms in total. The normalized spacial score (nSPS) is 11.6. The molecule has 0 saturated heterocycles. The van der Waals surface area contributed by atoms with E-state index >= 15 is 0 Å². The number of carbonyl (C=O) groups excluding carboxylic acids is 2. The molecule has 0 bridgehead atoms. The third-order valence-electron chi connectivity index (χ3n) is 7.01. The van der Waals surface area contributed by atoms with Crippen LogP contribution in [0.25, 0.3) is 10.9 Å². The lowest BCUT2D eigenvalue weighted by molar-refractivity contribution is -0.386. The van der Waals surface area contributed by atoms with Crippen LogP contribution in [0.3, 0.4) is 0 Å². The Morgan fingerprint density at radius 2 is 1.63 bits per heavy atom. The highest BCUT2D eigenvalue weighted by atomic mass is 16.6. The summed E-state index contributed by atoms with van der Waals surface area (Å²) in [6.07, 6.45) is 2.38. The minimum absolute atomic E-state index is 0.0257. The van der Waals surface area contributed by atoms with Gasteiger partial charge in [0.2, 0.25) is 5.75 Å². The molecule has 234 valence electrons. The third-order valence-corrected chi connectivity index (χ3v) is 7.01. The Bertz CT molecular complexity index is 1840. The maximum absolute atomic E-state index is 13.3. The summed E-state index contributed by atoms with van der Waals surface area (Å²) in [5.74, 6) is -0.532. The lowest BCUT2D eigenvalue weighted by atomic mass is 10.0. The Kier molecular flexibility index (Phi) is 10.2. The van der Waals surface area contributed by atoms with Crippen molar-refractivity contribution >= 4 is 34.8 Å². The number of hydrazone groups is 1. The second-order valence-corrected chi connectivity index (χ2v) is 10.2. The van der Waals surface area contributed by atoms with Crippen LogP contribution in [0.4, 0.5) is 10.5 Å². The molecule has 0 saturated carbocycles. The van der Waals surface area contributed by atoms with Gasteiger partial charge < -0.3 is 24.5 Å². The Morgan fingerprint density at radius 3 is 2.33 bits per heavy atom. The van der Waals surface area contributed by atoms with Crippen LogP contribution < -0.4 is 20.2 Å². The number of fused-ring (bicyclic) bond motifs is 1. The molecular formula is C34H31N5O7. The molecule has 0 aliphatic rings. The Labute approximate surface area is 264 Å². The molecule has 12 heteroatoms. The maximum Gasteiger partial charge on any atom is 0.408 e. The summed E-state index contributed by atoms with van der Waals surface area (Å²) in [7, 11) is 1.37. The SMILES string of the molecule is COc1cc(C=NNC(=O)C(Cc2c[nH]c3ccccc23)NC(=O)OCc2ccccc2)cc([N+](=O)[O-])c1OCc1ccccc1. The number of nitro groups is 1. The Morgan fingerprint density at radius 1 is 0.957 bits per heavy atom. The van der Waals surface area contributed by atoms with Crippen LogP contribution in [0.2, 0.25) is 0 Å². The van der Waals surface area contributed by atoms with Crippen molar-refractivity contribution in [1.29, 1.82) is 0 Å². The van der Waals surface area contributed by atoms with Gasteiger partial charge in [-0.2, -0.15) is 5.10 Å². The summed E-state index contributed by atoms with van der Waals surface area (Å²) in [6.45, 7) is 0.123. The summed E-state index contributed by atoms with van der Waals surface area (Å²) >= 11 is 0. The molecule has 46 heavy (non-hydrogen) atoms. The van der Waals surface area contributed by atoms with Crippen LogP contribution in [-0.2, 0) is 29.2 Å². The molecule has 0 aliphatic heterocycles. The van der Waals surface area contributed by atoms with Gasteiger partial charge >= 0.3 is 11.8 Å². The molecule has 1 heterocycles. The van der Waals surface area contributed by atoms with Gasteiger partial charge in [0.1, 0.15) is 19.3 Å².